The van der Waals surface area contributed by atoms with Gasteiger partial charge in [-0.3, -0.25) is 9.59 Å². The Labute approximate surface area is 114 Å². The Bertz CT molecular complexity index is 420. The van der Waals surface area contributed by atoms with Gasteiger partial charge in [-0.25, -0.2) is 0 Å². The second kappa shape index (κ2) is 6.58. The summed E-state index contributed by atoms with van der Waals surface area (Å²) in [6.45, 7) is 0.358. The molecule has 0 aliphatic carbocycles. The summed E-state index contributed by atoms with van der Waals surface area (Å²) in [7, 11) is 3.01. The lowest BCUT2D eigenvalue weighted by atomic mass is 10.2. The standard InChI is InChI=1S/C12H14INO3/c1-14(7-6-11(15)17-2)12(16)9-4-3-5-10(13)8-9/h3-5,8H,6-7H2,1-2H3. The molecule has 0 saturated carbocycles. The molecule has 92 valence electrons. The molecule has 4 nitrogen and oxygen atoms in total. The fourth-order valence-electron chi connectivity index (χ4n) is 1.30. The number of methoxy groups -OCH3 is 1. The minimum Gasteiger partial charge on any atom is -0.469 e. The number of carbonyl (C=O) groups excluding carboxylic acids is 2. The summed E-state index contributed by atoms with van der Waals surface area (Å²) in [6, 6.07) is 7.34. The van der Waals surface area contributed by atoms with E-state index in [0.717, 1.165) is 3.57 Å². The van der Waals surface area contributed by atoms with Gasteiger partial charge in [-0.05, 0) is 40.8 Å². The average molecular weight is 347 g/mol. The SMILES string of the molecule is COC(=O)CCN(C)C(=O)c1cccc(I)c1. The lowest BCUT2D eigenvalue weighted by Gasteiger charge is -2.16. The van der Waals surface area contributed by atoms with Crippen molar-refractivity contribution < 1.29 is 14.3 Å². The van der Waals surface area contributed by atoms with E-state index in [4.69, 9.17) is 0 Å². The van der Waals surface area contributed by atoms with Crippen molar-refractivity contribution in [3.8, 4) is 0 Å². The molecule has 0 radical (unpaired) electrons. The first-order valence-electron chi connectivity index (χ1n) is 5.12. The van der Waals surface area contributed by atoms with Crippen LogP contribution in [-0.4, -0.2) is 37.5 Å². The first kappa shape index (κ1) is 14.0. The molecule has 0 aliphatic rings. The summed E-state index contributed by atoms with van der Waals surface area (Å²) in [4.78, 5) is 24.5. The molecular weight excluding hydrogens is 333 g/mol. The maximum atomic E-state index is 12.0. The number of rotatable bonds is 4. The maximum Gasteiger partial charge on any atom is 0.307 e. The van der Waals surface area contributed by atoms with Gasteiger partial charge in [0.2, 0.25) is 0 Å². The first-order valence-corrected chi connectivity index (χ1v) is 6.20. The molecule has 0 N–H and O–H groups in total. The number of nitrogens with zero attached hydrogens (tertiary/aromatic N) is 1. The van der Waals surface area contributed by atoms with E-state index < -0.39 is 0 Å². The van der Waals surface area contributed by atoms with Crippen molar-refractivity contribution in [3.05, 3.63) is 33.4 Å². The van der Waals surface area contributed by atoms with E-state index in [2.05, 4.69) is 27.3 Å². The zero-order valence-corrected chi connectivity index (χ0v) is 11.9. The molecule has 0 atom stereocenters. The monoisotopic (exact) mass is 347 g/mol. The molecule has 1 amide bonds. The molecule has 0 aliphatic heterocycles. The average Bonchev–Trinajstić information content (AvgIpc) is 2.34. The molecule has 0 heterocycles. The summed E-state index contributed by atoms with van der Waals surface area (Å²) < 4.78 is 5.54. The van der Waals surface area contributed by atoms with E-state index in [1.807, 2.05) is 18.2 Å². The van der Waals surface area contributed by atoms with Crippen LogP contribution in [0.1, 0.15) is 16.8 Å². The van der Waals surface area contributed by atoms with E-state index in [1.54, 1.807) is 13.1 Å². The normalized spacial score (nSPS) is 9.82. The molecular formula is C12H14INO3. The van der Waals surface area contributed by atoms with Crippen LogP contribution in [0.25, 0.3) is 0 Å². The fourth-order valence-corrected chi connectivity index (χ4v) is 1.85. The van der Waals surface area contributed by atoms with Crippen molar-refractivity contribution in [2.24, 2.45) is 0 Å². The van der Waals surface area contributed by atoms with Crippen molar-refractivity contribution in [1.29, 1.82) is 0 Å². The van der Waals surface area contributed by atoms with Crippen LogP contribution in [0.4, 0.5) is 0 Å². The van der Waals surface area contributed by atoms with Crippen LogP contribution in [0.15, 0.2) is 24.3 Å². The number of benzene rings is 1. The quantitative estimate of drug-likeness (QED) is 0.618. The van der Waals surface area contributed by atoms with Gasteiger partial charge in [0.05, 0.1) is 13.5 Å². The molecule has 17 heavy (non-hydrogen) atoms. The Balaban J connectivity index is 2.61. The van der Waals surface area contributed by atoms with Gasteiger partial charge in [0.25, 0.3) is 5.91 Å². The Morgan fingerprint density at radius 2 is 2.12 bits per heavy atom. The van der Waals surface area contributed by atoms with Gasteiger partial charge in [-0.2, -0.15) is 0 Å². The van der Waals surface area contributed by atoms with Crippen molar-refractivity contribution in [2.45, 2.75) is 6.42 Å². The fraction of sp³-hybridized carbons (Fsp3) is 0.333. The van der Waals surface area contributed by atoms with E-state index >= 15 is 0 Å². The smallest absolute Gasteiger partial charge is 0.307 e. The topological polar surface area (TPSA) is 46.6 Å². The van der Waals surface area contributed by atoms with Crippen LogP contribution in [-0.2, 0) is 9.53 Å². The number of hydrogen-bond acceptors (Lipinski definition) is 3. The Morgan fingerprint density at radius 1 is 1.41 bits per heavy atom. The Hall–Kier alpha value is -1.11. The van der Waals surface area contributed by atoms with Crippen LogP contribution >= 0.6 is 22.6 Å². The Morgan fingerprint density at radius 3 is 2.71 bits per heavy atom. The molecule has 0 unspecified atom stereocenters. The molecule has 1 rings (SSSR count). The number of esters is 1. The van der Waals surface area contributed by atoms with E-state index in [0.29, 0.717) is 12.1 Å². The third-order valence-electron chi connectivity index (χ3n) is 2.30. The number of hydrogen-bond donors (Lipinski definition) is 0. The predicted molar refractivity (Wildman–Crippen MR) is 72.8 cm³/mol. The summed E-state index contributed by atoms with van der Waals surface area (Å²) in [5.74, 6) is -0.403. The van der Waals surface area contributed by atoms with Crippen molar-refractivity contribution in [3.63, 3.8) is 0 Å². The van der Waals surface area contributed by atoms with E-state index in [9.17, 15) is 9.59 Å². The van der Waals surface area contributed by atoms with E-state index in [-0.39, 0.29) is 18.3 Å². The highest BCUT2D eigenvalue weighted by molar-refractivity contribution is 14.1. The molecule has 1 aromatic rings. The molecule has 5 heteroatoms. The molecule has 0 bridgehead atoms. The van der Waals surface area contributed by atoms with Crippen molar-refractivity contribution in [2.75, 3.05) is 20.7 Å². The minimum absolute atomic E-state index is 0.0904. The van der Waals surface area contributed by atoms with Gasteiger partial charge in [-0.1, -0.05) is 6.07 Å². The van der Waals surface area contributed by atoms with Gasteiger partial charge < -0.3 is 9.64 Å². The van der Waals surface area contributed by atoms with Crippen molar-refractivity contribution >= 4 is 34.5 Å². The van der Waals surface area contributed by atoms with Gasteiger partial charge >= 0.3 is 5.97 Å². The molecule has 1 aromatic carbocycles. The third kappa shape index (κ3) is 4.33. The van der Waals surface area contributed by atoms with Gasteiger partial charge in [0.15, 0.2) is 0 Å². The summed E-state index contributed by atoms with van der Waals surface area (Å²) >= 11 is 2.16. The third-order valence-corrected chi connectivity index (χ3v) is 2.97. The van der Waals surface area contributed by atoms with Crippen molar-refractivity contribution in [1.82, 2.24) is 4.90 Å². The van der Waals surface area contributed by atoms with Gasteiger partial charge in [-0.15, -0.1) is 0 Å². The van der Waals surface area contributed by atoms with Crippen LogP contribution < -0.4 is 0 Å². The molecule has 0 saturated heterocycles. The summed E-state index contributed by atoms with van der Waals surface area (Å²) in [5.41, 5.74) is 0.629. The molecule has 0 fully saturated rings. The molecule has 0 aromatic heterocycles. The number of halogens is 1. The van der Waals surface area contributed by atoms with Gasteiger partial charge in [0, 0.05) is 22.7 Å². The lowest BCUT2D eigenvalue weighted by Crippen LogP contribution is -2.29. The Kier molecular flexibility index (Phi) is 5.40. The first-order chi connectivity index (χ1) is 8.04. The largest absolute Gasteiger partial charge is 0.469 e. The van der Waals surface area contributed by atoms with Crippen LogP contribution in [0, 0.1) is 3.57 Å². The highest BCUT2D eigenvalue weighted by atomic mass is 127. The highest BCUT2D eigenvalue weighted by Crippen LogP contribution is 2.10. The highest BCUT2D eigenvalue weighted by Gasteiger charge is 2.13. The zero-order valence-electron chi connectivity index (χ0n) is 9.77. The molecule has 0 spiro atoms. The number of amides is 1. The lowest BCUT2D eigenvalue weighted by molar-refractivity contribution is -0.140. The zero-order chi connectivity index (χ0) is 12.8. The number of ether oxygens (including phenoxy) is 1. The summed E-state index contributed by atoms with van der Waals surface area (Å²) in [5, 5.41) is 0. The minimum atomic E-state index is -0.313. The summed E-state index contributed by atoms with van der Waals surface area (Å²) in [6.07, 6.45) is 0.211. The van der Waals surface area contributed by atoms with Crippen LogP contribution in [0.2, 0.25) is 0 Å². The van der Waals surface area contributed by atoms with Gasteiger partial charge in [0.1, 0.15) is 0 Å². The van der Waals surface area contributed by atoms with Crippen LogP contribution in [0.3, 0.4) is 0 Å². The van der Waals surface area contributed by atoms with Crippen LogP contribution in [0.5, 0.6) is 0 Å². The number of carbonyl (C=O) groups is 2. The second-order valence-corrected chi connectivity index (χ2v) is 4.81. The predicted octanol–water partition coefficient (Wildman–Crippen LogP) is 1.93. The maximum absolute atomic E-state index is 12.0. The second-order valence-electron chi connectivity index (χ2n) is 3.56. The van der Waals surface area contributed by atoms with E-state index in [1.165, 1.54) is 12.0 Å².